The standard InChI is InChI=1S/C5H4FN2/c1-4-2-7-8-3-5(4)6/h2-3H,1H2. The van der Waals surface area contributed by atoms with Crippen LogP contribution in [0.2, 0.25) is 0 Å². The molecular weight excluding hydrogens is 107 g/mol. The number of hydrogen-bond donors (Lipinski definition) is 0. The van der Waals surface area contributed by atoms with E-state index in [0.717, 1.165) is 6.20 Å². The molecule has 41 valence electrons. The Hall–Kier alpha value is -0.990. The topological polar surface area (TPSA) is 25.8 Å². The molecule has 0 N–H and O–H groups in total. The molecule has 1 heterocycles. The van der Waals surface area contributed by atoms with Crippen LogP contribution in [0.25, 0.3) is 0 Å². The van der Waals surface area contributed by atoms with Crippen molar-refractivity contribution in [3.63, 3.8) is 0 Å². The first-order valence-corrected chi connectivity index (χ1v) is 2.09. The lowest BCUT2D eigenvalue weighted by Gasteiger charge is -1.87. The maximum Gasteiger partial charge on any atom is 0.148 e. The lowest BCUT2D eigenvalue weighted by molar-refractivity contribution is 0.609. The maximum absolute atomic E-state index is 12.2. The Labute approximate surface area is 46.4 Å². The normalized spacial score (nSPS) is 9.25. The number of aromatic nitrogens is 2. The fourth-order valence-corrected chi connectivity index (χ4v) is 0.332. The molecule has 0 amide bonds. The summed E-state index contributed by atoms with van der Waals surface area (Å²) < 4.78 is 12.2. The van der Waals surface area contributed by atoms with Crippen molar-refractivity contribution in [1.29, 1.82) is 0 Å². The minimum absolute atomic E-state index is 0.278. The molecule has 2 nitrogen and oxygen atoms in total. The van der Waals surface area contributed by atoms with Crippen LogP contribution in [0.5, 0.6) is 0 Å². The summed E-state index contributed by atoms with van der Waals surface area (Å²) >= 11 is 0. The van der Waals surface area contributed by atoms with Gasteiger partial charge in [-0.2, -0.15) is 10.2 Å². The fourth-order valence-electron chi connectivity index (χ4n) is 0.332. The highest BCUT2D eigenvalue weighted by atomic mass is 19.1. The minimum Gasteiger partial charge on any atom is -0.205 e. The van der Waals surface area contributed by atoms with E-state index in [2.05, 4.69) is 17.1 Å². The molecule has 0 aliphatic carbocycles. The van der Waals surface area contributed by atoms with Crippen LogP contribution in [0, 0.1) is 12.7 Å². The van der Waals surface area contributed by atoms with Crippen molar-refractivity contribution in [3.05, 3.63) is 30.7 Å². The molecule has 0 fully saturated rings. The second-order valence-corrected chi connectivity index (χ2v) is 1.36. The van der Waals surface area contributed by atoms with Crippen LogP contribution in [0.4, 0.5) is 4.39 Å². The van der Waals surface area contributed by atoms with Crippen LogP contribution >= 0.6 is 0 Å². The van der Waals surface area contributed by atoms with Crippen LogP contribution in [0.3, 0.4) is 0 Å². The zero-order chi connectivity index (χ0) is 5.98. The van der Waals surface area contributed by atoms with Crippen LogP contribution in [-0.4, -0.2) is 10.2 Å². The van der Waals surface area contributed by atoms with Crippen molar-refractivity contribution in [3.8, 4) is 0 Å². The summed E-state index contributed by atoms with van der Waals surface area (Å²) in [5.74, 6) is -0.417. The number of halogens is 1. The lowest BCUT2D eigenvalue weighted by Crippen LogP contribution is -1.85. The largest absolute Gasteiger partial charge is 0.205 e. The molecular formula is C5H4FN2. The van der Waals surface area contributed by atoms with Gasteiger partial charge in [-0.05, 0) is 6.92 Å². The van der Waals surface area contributed by atoms with E-state index < -0.39 is 5.82 Å². The SMILES string of the molecule is [CH2]c1cnncc1F. The molecule has 1 radical (unpaired) electrons. The predicted molar refractivity (Wildman–Crippen MR) is 26.4 cm³/mol. The molecule has 0 aliphatic heterocycles. The van der Waals surface area contributed by atoms with Gasteiger partial charge in [0.05, 0.1) is 12.4 Å². The van der Waals surface area contributed by atoms with E-state index in [1.165, 1.54) is 6.20 Å². The molecule has 0 saturated carbocycles. The Morgan fingerprint density at radius 3 is 2.38 bits per heavy atom. The van der Waals surface area contributed by atoms with Gasteiger partial charge in [0.25, 0.3) is 0 Å². The molecule has 0 aromatic carbocycles. The van der Waals surface area contributed by atoms with Crippen LogP contribution in [0.1, 0.15) is 5.56 Å². The average molecular weight is 111 g/mol. The molecule has 0 unspecified atom stereocenters. The average Bonchev–Trinajstić information content (AvgIpc) is 1.77. The molecule has 0 spiro atoms. The van der Waals surface area contributed by atoms with Crippen molar-refractivity contribution >= 4 is 0 Å². The molecule has 3 heteroatoms. The second kappa shape index (κ2) is 1.86. The highest BCUT2D eigenvalue weighted by Gasteiger charge is 1.91. The first-order valence-electron chi connectivity index (χ1n) is 2.09. The summed E-state index contributed by atoms with van der Waals surface area (Å²) in [5, 5.41) is 6.67. The lowest BCUT2D eigenvalue weighted by atomic mass is 10.3. The molecule has 0 saturated heterocycles. The second-order valence-electron chi connectivity index (χ2n) is 1.36. The zero-order valence-electron chi connectivity index (χ0n) is 4.13. The van der Waals surface area contributed by atoms with Gasteiger partial charge in [-0.3, -0.25) is 0 Å². The predicted octanol–water partition coefficient (Wildman–Crippen LogP) is 0.798. The van der Waals surface area contributed by atoms with Gasteiger partial charge in [-0.15, -0.1) is 0 Å². The molecule has 0 bridgehead atoms. The van der Waals surface area contributed by atoms with Crippen molar-refractivity contribution in [2.24, 2.45) is 0 Å². The van der Waals surface area contributed by atoms with Gasteiger partial charge in [0.2, 0.25) is 0 Å². The van der Waals surface area contributed by atoms with Crippen LogP contribution in [0.15, 0.2) is 12.4 Å². The third kappa shape index (κ3) is 0.804. The van der Waals surface area contributed by atoms with Crippen molar-refractivity contribution in [2.45, 2.75) is 0 Å². The molecule has 8 heavy (non-hydrogen) atoms. The minimum atomic E-state index is -0.417. The van der Waals surface area contributed by atoms with E-state index in [0.29, 0.717) is 0 Å². The molecule has 1 aromatic heterocycles. The summed E-state index contributed by atoms with van der Waals surface area (Å²) in [5.41, 5.74) is 0.278. The van der Waals surface area contributed by atoms with Crippen molar-refractivity contribution in [2.75, 3.05) is 0 Å². The fraction of sp³-hybridized carbons (Fsp3) is 0. The third-order valence-electron chi connectivity index (χ3n) is 0.758. The summed E-state index contributed by atoms with van der Waals surface area (Å²) in [4.78, 5) is 0. The van der Waals surface area contributed by atoms with E-state index in [4.69, 9.17) is 0 Å². The quantitative estimate of drug-likeness (QED) is 0.494. The highest BCUT2D eigenvalue weighted by Crippen LogP contribution is 1.97. The number of hydrogen-bond acceptors (Lipinski definition) is 2. The van der Waals surface area contributed by atoms with E-state index >= 15 is 0 Å². The van der Waals surface area contributed by atoms with Crippen LogP contribution < -0.4 is 0 Å². The van der Waals surface area contributed by atoms with Gasteiger partial charge < -0.3 is 0 Å². The molecule has 0 aliphatic rings. The Kier molecular flexibility index (Phi) is 1.20. The summed E-state index contributed by atoms with van der Waals surface area (Å²) in [7, 11) is 0. The Morgan fingerprint density at radius 2 is 2.00 bits per heavy atom. The third-order valence-corrected chi connectivity index (χ3v) is 0.758. The molecule has 1 rings (SSSR count). The van der Waals surface area contributed by atoms with Crippen molar-refractivity contribution < 1.29 is 4.39 Å². The molecule has 0 atom stereocenters. The number of nitrogens with zero attached hydrogens (tertiary/aromatic N) is 2. The zero-order valence-corrected chi connectivity index (χ0v) is 4.13. The van der Waals surface area contributed by atoms with Gasteiger partial charge >= 0.3 is 0 Å². The number of rotatable bonds is 0. The van der Waals surface area contributed by atoms with Crippen LogP contribution in [-0.2, 0) is 0 Å². The van der Waals surface area contributed by atoms with Gasteiger partial charge in [0.15, 0.2) is 0 Å². The Bertz CT molecular complexity index is 167. The van der Waals surface area contributed by atoms with Gasteiger partial charge in [0.1, 0.15) is 5.82 Å². The first kappa shape index (κ1) is 5.15. The monoisotopic (exact) mass is 111 g/mol. The summed E-state index contributed by atoms with van der Waals surface area (Å²) in [6.45, 7) is 3.34. The van der Waals surface area contributed by atoms with E-state index in [9.17, 15) is 4.39 Å². The van der Waals surface area contributed by atoms with Gasteiger partial charge in [-0.25, -0.2) is 4.39 Å². The van der Waals surface area contributed by atoms with E-state index in [1.54, 1.807) is 0 Å². The highest BCUT2D eigenvalue weighted by molar-refractivity contribution is 5.10. The Morgan fingerprint density at radius 1 is 1.38 bits per heavy atom. The van der Waals surface area contributed by atoms with Gasteiger partial charge in [-0.1, -0.05) is 0 Å². The summed E-state index contributed by atoms with van der Waals surface area (Å²) in [6.07, 6.45) is 2.30. The summed E-state index contributed by atoms with van der Waals surface area (Å²) in [6, 6.07) is 0. The smallest absolute Gasteiger partial charge is 0.148 e. The molecule has 1 aromatic rings. The first-order chi connectivity index (χ1) is 3.80. The Balaban J connectivity index is 3.13. The van der Waals surface area contributed by atoms with Gasteiger partial charge in [0, 0.05) is 5.56 Å². The van der Waals surface area contributed by atoms with E-state index in [-0.39, 0.29) is 5.56 Å². The van der Waals surface area contributed by atoms with E-state index in [1.807, 2.05) is 0 Å². The maximum atomic E-state index is 12.2. The van der Waals surface area contributed by atoms with Crippen molar-refractivity contribution in [1.82, 2.24) is 10.2 Å².